The van der Waals surface area contributed by atoms with Gasteiger partial charge in [0.25, 0.3) is 0 Å². The van der Waals surface area contributed by atoms with Crippen molar-refractivity contribution in [1.29, 1.82) is 10.5 Å². The molecule has 2 N–H and O–H groups in total. The van der Waals surface area contributed by atoms with Gasteiger partial charge in [0, 0.05) is 0 Å². The molecule has 7 heteroatoms. The van der Waals surface area contributed by atoms with E-state index in [1.165, 1.54) is 0 Å². The maximum absolute atomic E-state index is 9.72. The van der Waals surface area contributed by atoms with Gasteiger partial charge >= 0.3 is 0 Å². The maximum Gasteiger partial charge on any atom is 0.132 e. The molecule has 0 radical (unpaired) electrons. The summed E-state index contributed by atoms with van der Waals surface area (Å²) < 4.78 is 6.49. The molecule has 1 aliphatic heterocycles. The van der Waals surface area contributed by atoms with E-state index in [0.29, 0.717) is 17.9 Å². The number of halogens is 1. The Bertz CT molecular complexity index is 1000. The number of para-hydroxylation sites is 1. The van der Waals surface area contributed by atoms with Crippen LogP contribution in [0.4, 0.5) is 5.69 Å². The molecule has 0 saturated heterocycles. The summed E-state index contributed by atoms with van der Waals surface area (Å²) in [6, 6.07) is 19.4. The summed E-state index contributed by atoms with van der Waals surface area (Å²) in [6.07, 6.45) is 1.07. The van der Waals surface area contributed by atoms with Gasteiger partial charge in [0.1, 0.15) is 23.9 Å². The van der Waals surface area contributed by atoms with Gasteiger partial charge in [-0.15, -0.1) is 0 Å². The highest BCUT2D eigenvalue weighted by atomic mass is 127. The van der Waals surface area contributed by atoms with Gasteiger partial charge in [0.2, 0.25) is 0 Å². The first-order chi connectivity index (χ1) is 13.6. The number of nitrogens with two attached hydrogens (primary N) is 1. The van der Waals surface area contributed by atoms with Crippen LogP contribution in [0.2, 0.25) is 0 Å². The van der Waals surface area contributed by atoms with Gasteiger partial charge in [0.05, 0.1) is 33.2 Å². The van der Waals surface area contributed by atoms with Crippen molar-refractivity contribution >= 4 is 40.1 Å². The topological polar surface area (TPSA) is 98.4 Å². The number of rotatable bonds is 5. The molecule has 28 heavy (non-hydrogen) atoms. The number of nitrogens with zero attached hydrogens (tertiary/aromatic N) is 4. The molecule has 0 unspecified atom stereocenters. The van der Waals surface area contributed by atoms with Gasteiger partial charge in [-0.3, -0.25) is 0 Å². The van der Waals surface area contributed by atoms with Crippen molar-refractivity contribution < 1.29 is 4.74 Å². The Morgan fingerprint density at radius 3 is 2.64 bits per heavy atom. The van der Waals surface area contributed by atoms with Gasteiger partial charge in [0.15, 0.2) is 0 Å². The monoisotopic (exact) mass is 483 g/mol. The predicted molar refractivity (Wildman–Crippen MR) is 117 cm³/mol. The van der Waals surface area contributed by atoms with Crippen LogP contribution >= 0.6 is 22.6 Å². The van der Waals surface area contributed by atoms with Crippen LogP contribution in [0.5, 0.6) is 5.75 Å². The third kappa shape index (κ3) is 4.01. The number of ether oxygens (including phenoxy) is 1. The van der Waals surface area contributed by atoms with Crippen LogP contribution in [-0.2, 0) is 0 Å². The highest BCUT2D eigenvalue weighted by Crippen LogP contribution is 2.29. The van der Waals surface area contributed by atoms with E-state index in [9.17, 15) is 10.5 Å². The summed E-state index contributed by atoms with van der Waals surface area (Å²) in [5.41, 5.74) is 8.56. The summed E-state index contributed by atoms with van der Waals surface area (Å²) in [5, 5.41) is 25.5. The molecule has 0 bridgehead atoms. The second-order valence-electron chi connectivity index (χ2n) is 6.06. The Morgan fingerprint density at radius 2 is 2.04 bits per heavy atom. The van der Waals surface area contributed by atoms with E-state index < -0.39 is 12.1 Å². The molecule has 0 spiro atoms. The average molecular weight is 483 g/mol. The van der Waals surface area contributed by atoms with E-state index in [1.807, 2.05) is 55.5 Å². The minimum absolute atomic E-state index is 0.320. The lowest BCUT2D eigenvalue weighted by molar-refractivity contribution is 0.338. The van der Waals surface area contributed by atoms with Crippen molar-refractivity contribution in [3.8, 4) is 17.9 Å². The molecule has 2 aromatic rings. The molecule has 0 aromatic heterocycles. The average Bonchev–Trinajstić information content (AvgIpc) is 3.05. The number of benzene rings is 2. The lowest BCUT2D eigenvalue weighted by atomic mass is 9.95. The molecule has 0 amide bonds. The minimum atomic E-state index is -0.701. The quantitative estimate of drug-likeness (QED) is 0.514. The molecule has 0 aliphatic carbocycles. The normalized spacial score (nSPS) is 19.0. The Morgan fingerprint density at radius 1 is 1.29 bits per heavy atom. The van der Waals surface area contributed by atoms with Crippen molar-refractivity contribution in [2.75, 3.05) is 11.6 Å². The van der Waals surface area contributed by atoms with Gasteiger partial charge < -0.3 is 10.5 Å². The summed E-state index contributed by atoms with van der Waals surface area (Å²) in [6.45, 7) is 2.52. The van der Waals surface area contributed by atoms with Crippen molar-refractivity contribution in [2.45, 2.75) is 13.1 Å². The van der Waals surface area contributed by atoms with Crippen LogP contribution in [0, 0.1) is 32.2 Å². The third-order valence-corrected chi connectivity index (χ3v) is 5.10. The van der Waals surface area contributed by atoms with Crippen LogP contribution < -0.4 is 15.5 Å². The molecular weight excluding hydrogens is 465 g/mol. The summed E-state index contributed by atoms with van der Waals surface area (Å²) in [7, 11) is 0. The van der Waals surface area contributed by atoms with Crippen LogP contribution in [0.15, 0.2) is 59.2 Å². The van der Waals surface area contributed by atoms with E-state index in [2.05, 4.69) is 39.8 Å². The van der Waals surface area contributed by atoms with E-state index in [-0.39, 0.29) is 0 Å². The fourth-order valence-corrected chi connectivity index (χ4v) is 3.62. The Labute approximate surface area is 177 Å². The van der Waals surface area contributed by atoms with Crippen LogP contribution in [0.1, 0.15) is 12.5 Å². The molecule has 0 fully saturated rings. The van der Waals surface area contributed by atoms with Crippen LogP contribution in [0.3, 0.4) is 0 Å². The molecule has 3 rings (SSSR count). The van der Waals surface area contributed by atoms with Gasteiger partial charge in [-0.1, -0.05) is 24.3 Å². The Balaban J connectivity index is 1.99. The molecule has 6 nitrogen and oxygen atoms in total. The van der Waals surface area contributed by atoms with E-state index in [0.717, 1.165) is 20.6 Å². The van der Waals surface area contributed by atoms with Crippen molar-refractivity contribution in [3.63, 3.8) is 0 Å². The fourth-order valence-electron chi connectivity index (χ4n) is 2.93. The zero-order valence-electron chi connectivity index (χ0n) is 15.2. The number of hydrazone groups is 1. The third-order valence-electron chi connectivity index (χ3n) is 4.26. The molecule has 0 saturated carbocycles. The molecule has 1 heterocycles. The highest BCUT2D eigenvalue weighted by molar-refractivity contribution is 14.1. The zero-order valence-corrected chi connectivity index (χ0v) is 17.4. The van der Waals surface area contributed by atoms with Crippen molar-refractivity contribution in [2.24, 2.45) is 16.8 Å². The first kappa shape index (κ1) is 19.9. The molecule has 2 atom stereocenters. The smallest absolute Gasteiger partial charge is 0.132 e. The molecular formula is C21H18IN5O. The van der Waals surface area contributed by atoms with E-state index in [4.69, 9.17) is 10.5 Å². The van der Waals surface area contributed by atoms with Crippen LogP contribution in [-0.4, -0.2) is 18.5 Å². The van der Waals surface area contributed by atoms with Gasteiger partial charge in [-0.2, -0.15) is 15.6 Å². The number of nitriles is 2. The summed E-state index contributed by atoms with van der Waals surface area (Å²) in [4.78, 5) is 0. The molecule has 2 aromatic carbocycles. The van der Waals surface area contributed by atoms with E-state index >= 15 is 0 Å². The zero-order chi connectivity index (χ0) is 20.1. The Kier molecular flexibility index (Phi) is 6.30. The fraction of sp³-hybridized carbons (Fsp3) is 0.190. The second-order valence-corrected chi connectivity index (χ2v) is 7.22. The SMILES string of the molecule is CCOc1ccc(/C=C(/C#N)C2=NN(c3ccccc3)[C@H](N)[C@H]2C#N)cc1I. The summed E-state index contributed by atoms with van der Waals surface area (Å²) >= 11 is 2.19. The van der Waals surface area contributed by atoms with E-state index in [1.54, 1.807) is 11.1 Å². The Hall–Kier alpha value is -2.88. The second kappa shape index (κ2) is 8.87. The summed E-state index contributed by atoms with van der Waals surface area (Å²) in [5.74, 6) is 0.0945. The van der Waals surface area contributed by atoms with Crippen molar-refractivity contribution in [3.05, 3.63) is 63.2 Å². The maximum atomic E-state index is 9.72. The predicted octanol–water partition coefficient (Wildman–Crippen LogP) is 3.90. The highest BCUT2D eigenvalue weighted by Gasteiger charge is 2.37. The number of hydrogen-bond donors (Lipinski definition) is 1. The number of anilines is 1. The molecule has 140 valence electrons. The van der Waals surface area contributed by atoms with Crippen LogP contribution in [0.25, 0.3) is 6.08 Å². The number of allylic oxidation sites excluding steroid dienone is 1. The first-order valence-electron chi connectivity index (χ1n) is 8.71. The number of hydrogen-bond acceptors (Lipinski definition) is 6. The lowest BCUT2D eigenvalue weighted by Gasteiger charge is -2.21. The lowest BCUT2D eigenvalue weighted by Crippen LogP contribution is -2.40. The van der Waals surface area contributed by atoms with Gasteiger partial charge in [-0.25, -0.2) is 5.01 Å². The minimum Gasteiger partial charge on any atom is -0.493 e. The van der Waals surface area contributed by atoms with Crippen molar-refractivity contribution in [1.82, 2.24) is 0 Å². The largest absolute Gasteiger partial charge is 0.493 e. The standard InChI is InChI=1S/C21H18IN5O/c1-2-28-19-9-8-14(11-18(19)22)10-15(12-23)20-17(13-24)21(25)27(26-20)16-6-4-3-5-7-16/h3-11,17,21H,2,25H2,1H3/b15-10-/t17-,21-/m0/s1. The first-order valence-corrected chi connectivity index (χ1v) is 9.79. The van der Waals surface area contributed by atoms with Gasteiger partial charge in [-0.05, 0) is 65.4 Å². The molecule has 1 aliphatic rings.